The van der Waals surface area contributed by atoms with Gasteiger partial charge in [-0.2, -0.15) is 0 Å². The van der Waals surface area contributed by atoms with Gasteiger partial charge in [-0.15, -0.1) is 59.2 Å². The topological polar surface area (TPSA) is 284 Å². The SMILES string of the molecule is C=CCN(CC=C)C(=O)C(=C)C.C=CCN(CC=C)C(=O)C=C.C=CCNC(=O)C(=C)C.C=CCNC(=O)C=C.C=CCOC(=O)C(=C)C.C=CCOC(=O)C=C.C=CCOC(=O)c1ccc(C=C)cc1.C=CCOCCOC(=O)C(=C)C.C=CCOCCOC(=O)C=C.C=CCOCCOC(=O)c1ccc(C=C)cc1. The average Bonchev–Trinajstić information content (AvgIpc) is 0.903. The highest BCUT2D eigenvalue weighted by Gasteiger charge is 2.11. The molecule has 0 fully saturated rings. The van der Waals surface area contributed by atoms with E-state index in [9.17, 15) is 47.9 Å². The molecule has 0 saturated carbocycles. The van der Waals surface area contributed by atoms with Crippen molar-refractivity contribution in [3.8, 4) is 0 Å². The number of nitrogens with one attached hydrogen (secondary N) is 2. The van der Waals surface area contributed by atoms with Gasteiger partial charge in [0.05, 0.1) is 50.8 Å². The van der Waals surface area contributed by atoms with Crippen molar-refractivity contribution in [1.82, 2.24) is 20.4 Å². The van der Waals surface area contributed by atoms with Crippen molar-refractivity contribution < 1.29 is 90.6 Å². The quantitative estimate of drug-likeness (QED) is 0.0205. The van der Waals surface area contributed by atoms with Crippen LogP contribution in [0.3, 0.4) is 0 Å². The molecule has 2 rings (SSSR count). The van der Waals surface area contributed by atoms with Gasteiger partial charge < -0.3 is 63.1 Å². The molecular weight excluding hydrogens is 1420 g/mol. The van der Waals surface area contributed by atoms with Gasteiger partial charge in [0.25, 0.3) is 0 Å². The molecule has 0 atom stereocenters. The van der Waals surface area contributed by atoms with Crippen LogP contribution in [-0.2, 0) is 81.0 Å². The molecule has 0 radical (unpaired) electrons. The van der Waals surface area contributed by atoms with Gasteiger partial charge in [-0.3, -0.25) is 19.2 Å². The van der Waals surface area contributed by atoms with E-state index in [0.29, 0.717) is 112 Å². The molecule has 23 nitrogen and oxygen atoms in total. The average molecular weight is 1540 g/mol. The minimum Gasteiger partial charge on any atom is -0.460 e. The molecule has 0 aliphatic rings. The van der Waals surface area contributed by atoms with E-state index in [1.165, 1.54) is 30.4 Å². The minimum atomic E-state index is -0.424. The summed E-state index contributed by atoms with van der Waals surface area (Å²) in [6, 6.07) is 14.1. The van der Waals surface area contributed by atoms with Gasteiger partial charge in [0.2, 0.25) is 23.6 Å². The van der Waals surface area contributed by atoms with Crippen LogP contribution in [0.2, 0.25) is 0 Å². The highest BCUT2D eigenvalue weighted by molar-refractivity contribution is 5.93. The second-order valence-electron chi connectivity index (χ2n) is 20.5. The fourth-order valence-corrected chi connectivity index (χ4v) is 5.62. The summed E-state index contributed by atoms with van der Waals surface area (Å²) in [6.45, 7) is 89.8. The number of hydrogen-bond acceptors (Lipinski definition) is 19. The number of rotatable bonds is 45. The van der Waals surface area contributed by atoms with E-state index in [1.54, 1.807) is 129 Å². The predicted octanol–water partition coefficient (Wildman–Crippen LogP) is 14.3. The van der Waals surface area contributed by atoms with Gasteiger partial charge in [-0.1, -0.05) is 195 Å². The van der Waals surface area contributed by atoms with Crippen LogP contribution in [-0.4, -0.2) is 188 Å². The summed E-state index contributed by atoms with van der Waals surface area (Å²) in [5.41, 5.74) is 4.89. The van der Waals surface area contributed by atoms with E-state index in [4.69, 9.17) is 28.4 Å². The van der Waals surface area contributed by atoms with Crippen LogP contribution in [0.25, 0.3) is 12.2 Å². The highest BCUT2D eigenvalue weighted by atomic mass is 16.6. The summed E-state index contributed by atoms with van der Waals surface area (Å²) in [6.07, 6.45) is 27.6. The van der Waals surface area contributed by atoms with Crippen molar-refractivity contribution in [1.29, 1.82) is 0 Å². The Kier molecular flexibility index (Phi) is 88.7. The number of ether oxygens (including phenoxy) is 9. The number of hydrogen-bond donors (Lipinski definition) is 2. The monoisotopic (exact) mass is 1540 g/mol. The summed E-state index contributed by atoms with van der Waals surface area (Å²) in [5, 5.41) is 5.08. The molecule has 606 valence electrons. The largest absolute Gasteiger partial charge is 0.460 e. The first-order valence-corrected chi connectivity index (χ1v) is 33.7. The lowest BCUT2D eigenvalue weighted by atomic mass is 10.1. The molecule has 2 aromatic carbocycles. The molecule has 23 heteroatoms. The molecule has 0 aromatic heterocycles. The van der Waals surface area contributed by atoms with Crippen LogP contribution in [0.4, 0.5) is 0 Å². The summed E-state index contributed by atoms with van der Waals surface area (Å²) in [7, 11) is 0. The van der Waals surface area contributed by atoms with Crippen molar-refractivity contribution in [2.75, 3.05) is 119 Å². The second kappa shape index (κ2) is 86.2. The van der Waals surface area contributed by atoms with Crippen LogP contribution < -0.4 is 10.6 Å². The summed E-state index contributed by atoms with van der Waals surface area (Å²) in [5.74, 6) is -2.67. The van der Waals surface area contributed by atoms with Gasteiger partial charge in [-0.05, 0) is 75.2 Å². The Morgan fingerprint density at radius 2 is 0.676 bits per heavy atom. The zero-order chi connectivity index (χ0) is 86.4. The van der Waals surface area contributed by atoms with Crippen molar-refractivity contribution >= 4 is 71.6 Å². The van der Waals surface area contributed by atoms with Gasteiger partial charge >= 0.3 is 35.8 Å². The number of amides is 4. The lowest BCUT2D eigenvalue weighted by Gasteiger charge is -2.18. The predicted molar refractivity (Wildman–Crippen MR) is 452 cm³/mol. The van der Waals surface area contributed by atoms with E-state index < -0.39 is 11.9 Å². The van der Waals surface area contributed by atoms with E-state index in [1.807, 2.05) is 24.3 Å². The molecule has 0 spiro atoms. The van der Waals surface area contributed by atoms with Crippen molar-refractivity contribution in [3.63, 3.8) is 0 Å². The van der Waals surface area contributed by atoms with Crippen molar-refractivity contribution in [3.05, 3.63) is 335 Å². The van der Waals surface area contributed by atoms with E-state index in [0.717, 1.165) is 23.3 Å². The van der Waals surface area contributed by atoms with Crippen LogP contribution in [0, 0.1) is 0 Å². The normalized spacial score (nSPS) is 8.65. The summed E-state index contributed by atoms with van der Waals surface area (Å²) >= 11 is 0. The Morgan fingerprint density at radius 3 is 1.01 bits per heavy atom. The van der Waals surface area contributed by atoms with E-state index >= 15 is 0 Å². The first-order chi connectivity index (χ1) is 52.9. The third kappa shape index (κ3) is 81.2. The second-order valence-corrected chi connectivity index (χ2v) is 20.5. The molecule has 0 unspecified atom stereocenters. The molecular formula is C88H120N4O19. The fourth-order valence-electron chi connectivity index (χ4n) is 5.62. The molecule has 4 amide bonds. The number of esters is 6. The lowest BCUT2D eigenvalue weighted by Crippen LogP contribution is -2.31. The molecule has 0 saturated heterocycles. The van der Waals surface area contributed by atoms with Crippen LogP contribution in [0.1, 0.15) is 59.5 Å². The number of nitrogens with zero attached hydrogens (tertiary/aromatic N) is 2. The molecule has 111 heavy (non-hydrogen) atoms. The molecule has 0 heterocycles. The standard InChI is InChI=1S/C14H16O3.C12H12O2.C10H15NO.C9H13NO.C9H14O3.C8H12O3.C7H11NO.C7H10O2.C6H9NO.C6H8O2/c1-3-9-16-10-11-17-14(15)13-7-5-12(4-2)6-8-13;1-3-9-14-12(13)11-7-5-10(4-2)6-8-11;1-5-7-11(8-6-2)10(12)9(3)4;1-4-7-10(8-5-2)9(11)6-3;1-4-5-11-6-7-12-9(10)8(2)3;1-3-5-10-6-7-11-8(9)4-2;1-4-5-8-7(9)6(2)3;1-4-5-9-7(8)6(2)3;1-3-5-7-6(8)4-2;1-3-5-8-6(7)4-2/h3-8H,1-2,9-11H2;3-8H,1-2,9H2;5-6H,1-3,7-8H2,4H3;4-6H,1-3,7-8H2;4H,1-2,5-7H2,3H3;3-4H,1-2,5-7H2;4H,1-2,5H2,3H3,(H,8,9);4H,1-2,5H2,3H3;3-4H,1-2,5H2,(H,7,8);3-4H,1-2,5H2. The zero-order valence-electron chi connectivity index (χ0n) is 65.9. The van der Waals surface area contributed by atoms with Crippen LogP contribution in [0.5, 0.6) is 0 Å². The fraction of sp³-hybridized carbons (Fsp3) is 0.250. The smallest absolute Gasteiger partial charge is 0.338 e. The van der Waals surface area contributed by atoms with Crippen molar-refractivity contribution in [2.45, 2.75) is 27.7 Å². The minimum absolute atomic E-state index is 0.0465. The Labute approximate surface area is 660 Å². The summed E-state index contributed by atoms with van der Waals surface area (Å²) in [4.78, 5) is 111. The maximum atomic E-state index is 11.6. The third-order valence-electron chi connectivity index (χ3n) is 10.8. The third-order valence-corrected chi connectivity index (χ3v) is 10.8. The highest BCUT2D eigenvalue weighted by Crippen LogP contribution is 2.08. The number of carbonyl (C=O) groups is 10. The maximum absolute atomic E-state index is 11.6. The Bertz CT molecular complexity index is 3220. The Morgan fingerprint density at radius 1 is 0.333 bits per heavy atom. The van der Waals surface area contributed by atoms with Crippen LogP contribution >= 0.6 is 0 Å². The number of carbonyl (C=O) groups excluding carboxylic acids is 10. The summed E-state index contributed by atoms with van der Waals surface area (Å²) < 4.78 is 43.4. The van der Waals surface area contributed by atoms with E-state index in [2.05, 4.69) is 170 Å². The van der Waals surface area contributed by atoms with Gasteiger partial charge in [0.1, 0.15) is 39.6 Å². The molecule has 0 aliphatic heterocycles. The maximum Gasteiger partial charge on any atom is 0.338 e. The molecule has 2 N–H and O–H groups in total. The van der Waals surface area contributed by atoms with Gasteiger partial charge in [-0.25, -0.2) is 28.8 Å². The van der Waals surface area contributed by atoms with Gasteiger partial charge in [0.15, 0.2) is 0 Å². The van der Waals surface area contributed by atoms with Crippen molar-refractivity contribution in [2.24, 2.45) is 0 Å². The zero-order valence-corrected chi connectivity index (χ0v) is 65.9. The lowest BCUT2D eigenvalue weighted by molar-refractivity contribution is -0.140. The molecule has 0 aliphatic carbocycles. The first-order valence-electron chi connectivity index (χ1n) is 33.7. The van der Waals surface area contributed by atoms with Gasteiger partial charge in [0, 0.05) is 73.7 Å². The molecule has 2 aromatic rings. The first kappa shape index (κ1) is 114. The molecule has 0 bridgehead atoms. The van der Waals surface area contributed by atoms with E-state index in [-0.39, 0.29) is 87.1 Å². The Hall–Kier alpha value is -12.7. The Balaban J connectivity index is -0.000000179. The van der Waals surface area contributed by atoms with Crippen LogP contribution in [0.15, 0.2) is 313 Å². The number of benzene rings is 2.